The van der Waals surface area contributed by atoms with Gasteiger partial charge in [0.1, 0.15) is 12.4 Å². The van der Waals surface area contributed by atoms with Gasteiger partial charge in [-0.15, -0.1) is 24.0 Å². The number of hydrogen-bond donors (Lipinski definition) is 3. The van der Waals surface area contributed by atoms with E-state index in [1.165, 1.54) is 0 Å². The van der Waals surface area contributed by atoms with E-state index in [0.29, 0.717) is 25.3 Å². The van der Waals surface area contributed by atoms with Crippen LogP contribution in [0.25, 0.3) is 0 Å². The minimum Gasteiger partial charge on any atom is -0.492 e. The molecule has 0 saturated carbocycles. The van der Waals surface area contributed by atoms with Crippen molar-refractivity contribution >= 4 is 35.8 Å². The van der Waals surface area contributed by atoms with Crippen LogP contribution in [0, 0.1) is 0 Å². The van der Waals surface area contributed by atoms with Gasteiger partial charge in [-0.3, -0.25) is 4.79 Å². The summed E-state index contributed by atoms with van der Waals surface area (Å²) < 4.78 is 5.93. The van der Waals surface area contributed by atoms with Crippen molar-refractivity contribution in [2.45, 2.75) is 19.9 Å². The summed E-state index contributed by atoms with van der Waals surface area (Å²) >= 11 is 0. The number of para-hydroxylation sites is 1. The van der Waals surface area contributed by atoms with Gasteiger partial charge in [-0.05, 0) is 51.2 Å². The molecule has 32 heavy (non-hydrogen) atoms. The van der Waals surface area contributed by atoms with E-state index in [1.807, 2.05) is 69.6 Å². The summed E-state index contributed by atoms with van der Waals surface area (Å²) in [5.41, 5.74) is 2.83. The van der Waals surface area contributed by atoms with Crippen LogP contribution in [0.2, 0.25) is 0 Å². The number of amides is 1. The molecule has 0 heterocycles. The zero-order chi connectivity index (χ0) is 22.5. The fourth-order valence-corrected chi connectivity index (χ4v) is 2.96. The number of guanidine groups is 1. The van der Waals surface area contributed by atoms with Gasteiger partial charge >= 0.3 is 0 Å². The highest BCUT2D eigenvalue weighted by molar-refractivity contribution is 14.0. The first-order valence-corrected chi connectivity index (χ1v) is 10.7. The number of ether oxygens (including phenoxy) is 1. The van der Waals surface area contributed by atoms with Gasteiger partial charge in [0.2, 0.25) is 0 Å². The average Bonchev–Trinajstić information content (AvgIpc) is 2.77. The smallest absolute Gasteiger partial charge is 0.251 e. The lowest BCUT2D eigenvalue weighted by molar-refractivity contribution is 0.0963. The van der Waals surface area contributed by atoms with Crippen molar-refractivity contribution in [1.29, 1.82) is 0 Å². The van der Waals surface area contributed by atoms with E-state index in [4.69, 9.17) is 9.73 Å². The maximum Gasteiger partial charge on any atom is 0.251 e. The van der Waals surface area contributed by atoms with Crippen molar-refractivity contribution in [2.24, 2.45) is 4.99 Å². The molecule has 7 nitrogen and oxygen atoms in total. The van der Waals surface area contributed by atoms with Crippen molar-refractivity contribution in [3.8, 4) is 5.75 Å². The quantitative estimate of drug-likeness (QED) is 0.227. The Morgan fingerprint density at radius 3 is 2.59 bits per heavy atom. The predicted molar refractivity (Wildman–Crippen MR) is 142 cm³/mol. The van der Waals surface area contributed by atoms with Crippen LogP contribution in [0.5, 0.6) is 5.75 Å². The Hall–Kier alpha value is -2.33. The van der Waals surface area contributed by atoms with Crippen LogP contribution >= 0.6 is 24.0 Å². The lowest BCUT2D eigenvalue weighted by atomic mass is 10.1. The fraction of sp³-hybridized carbons (Fsp3) is 0.417. The van der Waals surface area contributed by atoms with Crippen molar-refractivity contribution < 1.29 is 9.53 Å². The molecule has 0 aromatic heterocycles. The number of nitrogens with one attached hydrogen (secondary N) is 3. The van der Waals surface area contributed by atoms with Gasteiger partial charge < -0.3 is 25.6 Å². The summed E-state index contributed by atoms with van der Waals surface area (Å²) in [5.74, 6) is 1.55. The summed E-state index contributed by atoms with van der Waals surface area (Å²) in [4.78, 5) is 18.6. The normalized spacial score (nSPS) is 11.0. The Kier molecular flexibility index (Phi) is 13.4. The third kappa shape index (κ3) is 9.86. The lowest BCUT2D eigenvalue weighted by Gasteiger charge is -2.14. The van der Waals surface area contributed by atoms with Crippen LogP contribution in [0.4, 0.5) is 0 Å². The second kappa shape index (κ2) is 15.5. The lowest BCUT2D eigenvalue weighted by Crippen LogP contribution is -2.38. The molecule has 0 aliphatic rings. The Labute approximate surface area is 209 Å². The van der Waals surface area contributed by atoms with Gasteiger partial charge in [0.05, 0.1) is 6.54 Å². The molecule has 176 valence electrons. The maximum atomic E-state index is 11.8. The van der Waals surface area contributed by atoms with Crippen LogP contribution in [-0.4, -0.2) is 64.2 Å². The van der Waals surface area contributed by atoms with Crippen LogP contribution < -0.4 is 20.7 Å². The average molecular weight is 553 g/mol. The number of rotatable bonds is 11. The highest BCUT2D eigenvalue weighted by atomic mass is 127. The SMILES string of the molecule is CCNC(=NCc1ccccc1OCCN(C)C)NCCc1cccc(C(=O)NC)c1.I. The molecule has 3 N–H and O–H groups in total. The molecule has 0 aliphatic heterocycles. The molecule has 0 aliphatic carbocycles. The van der Waals surface area contributed by atoms with E-state index in [0.717, 1.165) is 42.3 Å². The molecular formula is C24H36IN5O2. The molecule has 0 saturated heterocycles. The largest absolute Gasteiger partial charge is 0.492 e. The number of benzene rings is 2. The molecule has 0 unspecified atom stereocenters. The fourth-order valence-electron chi connectivity index (χ4n) is 2.96. The maximum absolute atomic E-state index is 11.8. The Morgan fingerprint density at radius 2 is 1.88 bits per heavy atom. The van der Waals surface area contributed by atoms with Gasteiger partial charge in [-0.25, -0.2) is 4.99 Å². The zero-order valence-corrected chi connectivity index (χ0v) is 21.8. The molecule has 8 heteroatoms. The Balaban J connectivity index is 0.00000512. The Bertz CT molecular complexity index is 858. The van der Waals surface area contributed by atoms with Crippen LogP contribution in [0.15, 0.2) is 53.5 Å². The molecule has 1 amide bonds. The Morgan fingerprint density at radius 1 is 1.09 bits per heavy atom. The van der Waals surface area contributed by atoms with E-state index < -0.39 is 0 Å². The van der Waals surface area contributed by atoms with E-state index >= 15 is 0 Å². The monoisotopic (exact) mass is 553 g/mol. The molecule has 0 atom stereocenters. The van der Waals surface area contributed by atoms with E-state index in [1.54, 1.807) is 7.05 Å². The molecule has 2 aromatic rings. The van der Waals surface area contributed by atoms with Crippen LogP contribution in [0.3, 0.4) is 0 Å². The minimum atomic E-state index is -0.0730. The van der Waals surface area contributed by atoms with Crippen molar-refractivity contribution in [1.82, 2.24) is 20.9 Å². The van der Waals surface area contributed by atoms with Gasteiger partial charge in [0, 0.05) is 37.8 Å². The van der Waals surface area contributed by atoms with Gasteiger partial charge in [-0.1, -0.05) is 30.3 Å². The molecule has 0 spiro atoms. The van der Waals surface area contributed by atoms with Crippen molar-refractivity contribution in [3.05, 3.63) is 65.2 Å². The second-order valence-electron chi connectivity index (χ2n) is 7.41. The number of halogens is 1. The number of likely N-dealkylation sites (N-methyl/N-ethyl adjacent to an activating group) is 1. The van der Waals surface area contributed by atoms with Crippen LogP contribution in [-0.2, 0) is 13.0 Å². The molecule has 0 radical (unpaired) electrons. The van der Waals surface area contributed by atoms with Crippen molar-refractivity contribution in [3.63, 3.8) is 0 Å². The van der Waals surface area contributed by atoms with Gasteiger partial charge in [0.25, 0.3) is 5.91 Å². The first-order valence-electron chi connectivity index (χ1n) is 10.7. The van der Waals surface area contributed by atoms with E-state index in [9.17, 15) is 4.79 Å². The molecule has 0 bridgehead atoms. The summed E-state index contributed by atoms with van der Waals surface area (Å²) in [6, 6.07) is 15.7. The highest BCUT2D eigenvalue weighted by Crippen LogP contribution is 2.18. The number of nitrogens with zero attached hydrogens (tertiary/aromatic N) is 2. The number of carbonyl (C=O) groups is 1. The zero-order valence-electron chi connectivity index (χ0n) is 19.5. The standard InChI is InChI=1S/C24H35N5O2.HI/c1-5-26-24(27-14-13-19-9-8-11-20(17-19)23(30)25-2)28-18-21-10-6-7-12-22(21)31-16-15-29(3)4;/h6-12,17H,5,13-16,18H2,1-4H3,(H,25,30)(H2,26,27,28);1H. The van der Waals surface area contributed by atoms with Gasteiger partial charge in [0.15, 0.2) is 5.96 Å². The predicted octanol–water partition coefficient (Wildman–Crippen LogP) is 2.90. The number of carbonyl (C=O) groups excluding carboxylic acids is 1. The third-order valence-corrected chi connectivity index (χ3v) is 4.64. The second-order valence-corrected chi connectivity index (χ2v) is 7.41. The molecule has 2 aromatic carbocycles. The molecule has 2 rings (SSSR count). The third-order valence-electron chi connectivity index (χ3n) is 4.64. The van der Waals surface area contributed by atoms with E-state index in [2.05, 4.69) is 20.9 Å². The summed E-state index contributed by atoms with van der Waals surface area (Å²) in [5, 5.41) is 9.31. The van der Waals surface area contributed by atoms with E-state index in [-0.39, 0.29) is 29.9 Å². The number of aliphatic imine (C=N–C) groups is 1. The summed E-state index contributed by atoms with van der Waals surface area (Å²) in [7, 11) is 5.70. The summed E-state index contributed by atoms with van der Waals surface area (Å²) in [6.07, 6.45) is 0.791. The highest BCUT2D eigenvalue weighted by Gasteiger charge is 2.06. The number of hydrogen-bond acceptors (Lipinski definition) is 4. The minimum absolute atomic E-state index is 0. The van der Waals surface area contributed by atoms with Crippen LogP contribution in [0.1, 0.15) is 28.4 Å². The topological polar surface area (TPSA) is 78.0 Å². The molecule has 0 fully saturated rings. The van der Waals surface area contributed by atoms with Crippen molar-refractivity contribution in [2.75, 3.05) is 47.4 Å². The van der Waals surface area contributed by atoms with Gasteiger partial charge in [-0.2, -0.15) is 0 Å². The first-order chi connectivity index (χ1) is 15.0. The first kappa shape index (κ1) is 27.7. The molecular weight excluding hydrogens is 517 g/mol. The summed E-state index contributed by atoms with van der Waals surface area (Å²) in [6.45, 7) is 5.56.